The van der Waals surface area contributed by atoms with Gasteiger partial charge in [0.15, 0.2) is 9.84 Å². The van der Waals surface area contributed by atoms with Crippen molar-refractivity contribution in [1.82, 2.24) is 4.98 Å². The average molecular weight is 187 g/mol. The minimum atomic E-state index is -3.26. The molecular weight excluding hydrogens is 178 g/mol. The predicted octanol–water partition coefficient (Wildman–Crippen LogP) is 0.499. The largest absolute Gasteiger partial charge is 0.506 e. The summed E-state index contributed by atoms with van der Waals surface area (Å²) in [4.78, 5) is 3.75. The zero-order valence-corrected chi connectivity index (χ0v) is 7.59. The molecule has 0 atom stereocenters. The molecule has 0 saturated heterocycles. The summed E-state index contributed by atoms with van der Waals surface area (Å²) < 4.78 is 21.9. The SMILES string of the molecule is Cc1ncc(S(C)(=O)=O)cc1O. The number of sulfone groups is 1. The summed E-state index contributed by atoms with van der Waals surface area (Å²) in [6, 6.07) is 1.19. The molecule has 0 aliphatic heterocycles. The van der Waals surface area contributed by atoms with Gasteiger partial charge in [-0.1, -0.05) is 0 Å². The molecule has 5 heteroatoms. The second-order valence-electron chi connectivity index (χ2n) is 2.55. The van der Waals surface area contributed by atoms with Crippen LogP contribution in [0.4, 0.5) is 0 Å². The number of aromatic nitrogens is 1. The number of rotatable bonds is 1. The van der Waals surface area contributed by atoms with Crippen LogP contribution in [0.25, 0.3) is 0 Å². The minimum absolute atomic E-state index is 0.0330. The number of aromatic hydroxyl groups is 1. The van der Waals surface area contributed by atoms with Crippen LogP contribution in [-0.2, 0) is 9.84 Å². The van der Waals surface area contributed by atoms with E-state index in [4.69, 9.17) is 5.11 Å². The summed E-state index contributed by atoms with van der Waals surface area (Å²) in [6.07, 6.45) is 2.29. The van der Waals surface area contributed by atoms with Crippen molar-refractivity contribution in [3.05, 3.63) is 18.0 Å². The van der Waals surface area contributed by atoms with E-state index in [1.54, 1.807) is 6.92 Å². The fourth-order valence-electron chi connectivity index (χ4n) is 0.706. The van der Waals surface area contributed by atoms with E-state index in [-0.39, 0.29) is 10.6 Å². The average Bonchev–Trinajstić information content (AvgIpc) is 1.92. The maximum Gasteiger partial charge on any atom is 0.177 e. The Morgan fingerprint density at radius 1 is 1.50 bits per heavy atom. The highest BCUT2D eigenvalue weighted by molar-refractivity contribution is 7.90. The molecule has 0 aromatic carbocycles. The van der Waals surface area contributed by atoms with Crippen LogP contribution in [0.1, 0.15) is 5.69 Å². The lowest BCUT2D eigenvalue weighted by Crippen LogP contribution is -1.98. The maximum atomic E-state index is 10.9. The lowest BCUT2D eigenvalue weighted by molar-refractivity contribution is 0.465. The summed E-state index contributed by atoms with van der Waals surface area (Å²) in [5.74, 6) is -0.0991. The topological polar surface area (TPSA) is 67.3 Å². The van der Waals surface area contributed by atoms with Crippen LogP contribution >= 0.6 is 0 Å². The molecule has 1 rings (SSSR count). The van der Waals surface area contributed by atoms with Gasteiger partial charge in [0.25, 0.3) is 0 Å². The van der Waals surface area contributed by atoms with Gasteiger partial charge in [0.1, 0.15) is 5.75 Å². The van der Waals surface area contributed by atoms with Crippen molar-refractivity contribution in [2.24, 2.45) is 0 Å². The highest BCUT2D eigenvalue weighted by atomic mass is 32.2. The Morgan fingerprint density at radius 2 is 2.08 bits per heavy atom. The first kappa shape index (κ1) is 8.99. The van der Waals surface area contributed by atoms with Crippen LogP contribution in [0.2, 0.25) is 0 Å². The Bertz CT molecular complexity index is 397. The van der Waals surface area contributed by atoms with Crippen molar-refractivity contribution in [2.75, 3.05) is 6.26 Å². The van der Waals surface area contributed by atoms with E-state index < -0.39 is 9.84 Å². The van der Waals surface area contributed by atoms with Crippen molar-refractivity contribution in [3.63, 3.8) is 0 Å². The Morgan fingerprint density at radius 3 is 2.50 bits per heavy atom. The molecule has 0 amide bonds. The zero-order chi connectivity index (χ0) is 9.35. The standard InChI is InChI=1S/C7H9NO3S/c1-5-7(9)3-6(4-8-5)12(2,10)11/h3-4,9H,1-2H3. The lowest BCUT2D eigenvalue weighted by atomic mass is 10.3. The second kappa shape index (κ2) is 2.75. The van der Waals surface area contributed by atoms with E-state index >= 15 is 0 Å². The molecule has 0 spiro atoms. The summed E-state index contributed by atoms with van der Waals surface area (Å²) in [6.45, 7) is 1.60. The quantitative estimate of drug-likeness (QED) is 0.695. The van der Waals surface area contributed by atoms with E-state index in [0.717, 1.165) is 6.26 Å². The third kappa shape index (κ3) is 1.73. The van der Waals surface area contributed by atoms with Gasteiger partial charge in [-0.25, -0.2) is 8.42 Å². The molecule has 66 valence electrons. The Kier molecular flexibility index (Phi) is 2.06. The van der Waals surface area contributed by atoms with Gasteiger partial charge < -0.3 is 5.11 Å². The molecule has 1 heterocycles. The Balaban J connectivity index is 3.33. The number of aryl methyl sites for hydroxylation is 1. The Hall–Kier alpha value is -1.10. The van der Waals surface area contributed by atoms with Crippen molar-refractivity contribution >= 4 is 9.84 Å². The van der Waals surface area contributed by atoms with Gasteiger partial charge in [-0.05, 0) is 6.92 Å². The second-order valence-corrected chi connectivity index (χ2v) is 4.56. The molecule has 0 radical (unpaired) electrons. The van der Waals surface area contributed by atoms with Crippen LogP contribution in [-0.4, -0.2) is 24.8 Å². The van der Waals surface area contributed by atoms with Gasteiger partial charge in [0, 0.05) is 18.5 Å². The smallest absolute Gasteiger partial charge is 0.177 e. The van der Waals surface area contributed by atoms with Gasteiger partial charge in [-0.3, -0.25) is 4.98 Å². The van der Waals surface area contributed by atoms with Crippen LogP contribution in [0.15, 0.2) is 17.2 Å². The molecule has 0 aliphatic carbocycles. The first-order valence-corrected chi connectivity index (χ1v) is 5.16. The van der Waals surface area contributed by atoms with Crippen LogP contribution in [0, 0.1) is 6.92 Å². The highest BCUT2D eigenvalue weighted by Gasteiger charge is 2.09. The monoisotopic (exact) mass is 187 g/mol. The number of hydrogen-bond donors (Lipinski definition) is 1. The van der Waals surface area contributed by atoms with Crippen molar-refractivity contribution in [3.8, 4) is 5.75 Å². The van der Waals surface area contributed by atoms with Gasteiger partial charge in [-0.15, -0.1) is 0 Å². The summed E-state index contributed by atoms with van der Waals surface area (Å²) in [7, 11) is -3.26. The minimum Gasteiger partial charge on any atom is -0.506 e. The molecule has 0 saturated carbocycles. The highest BCUT2D eigenvalue weighted by Crippen LogP contribution is 2.17. The van der Waals surface area contributed by atoms with Crippen molar-refractivity contribution in [2.45, 2.75) is 11.8 Å². The van der Waals surface area contributed by atoms with Crippen molar-refractivity contribution in [1.29, 1.82) is 0 Å². The lowest BCUT2D eigenvalue weighted by Gasteiger charge is -2.00. The third-order valence-electron chi connectivity index (χ3n) is 1.46. The van der Waals surface area contributed by atoms with E-state index in [9.17, 15) is 8.42 Å². The van der Waals surface area contributed by atoms with Gasteiger partial charge in [-0.2, -0.15) is 0 Å². The van der Waals surface area contributed by atoms with Gasteiger partial charge >= 0.3 is 0 Å². The molecule has 0 bridgehead atoms. The molecule has 1 N–H and O–H groups in total. The van der Waals surface area contributed by atoms with E-state index in [1.807, 2.05) is 0 Å². The first-order chi connectivity index (χ1) is 5.41. The van der Waals surface area contributed by atoms with E-state index in [2.05, 4.69) is 4.98 Å². The maximum absolute atomic E-state index is 10.9. The normalized spacial score (nSPS) is 11.5. The molecule has 0 unspecified atom stereocenters. The van der Waals surface area contributed by atoms with Crippen LogP contribution in [0.3, 0.4) is 0 Å². The molecule has 1 aromatic heterocycles. The number of nitrogens with zero attached hydrogens (tertiary/aromatic N) is 1. The predicted molar refractivity (Wildman–Crippen MR) is 43.7 cm³/mol. The third-order valence-corrected chi connectivity index (χ3v) is 2.54. The molecule has 1 aromatic rings. The van der Waals surface area contributed by atoms with Crippen molar-refractivity contribution < 1.29 is 13.5 Å². The first-order valence-electron chi connectivity index (χ1n) is 3.27. The van der Waals surface area contributed by atoms with Gasteiger partial charge in [0.2, 0.25) is 0 Å². The molecular formula is C7H9NO3S. The fraction of sp³-hybridized carbons (Fsp3) is 0.286. The molecule has 12 heavy (non-hydrogen) atoms. The number of pyridine rings is 1. The molecule has 0 fully saturated rings. The summed E-state index contributed by atoms with van der Waals surface area (Å²) in [5, 5.41) is 9.14. The van der Waals surface area contributed by atoms with E-state index in [0.29, 0.717) is 5.69 Å². The number of hydrogen-bond acceptors (Lipinski definition) is 4. The van der Waals surface area contributed by atoms with E-state index in [1.165, 1.54) is 12.3 Å². The summed E-state index contributed by atoms with van der Waals surface area (Å²) in [5.41, 5.74) is 0.419. The fourth-order valence-corrected chi connectivity index (χ4v) is 1.28. The molecule has 0 aliphatic rings. The van der Waals surface area contributed by atoms with Crippen LogP contribution < -0.4 is 0 Å². The summed E-state index contributed by atoms with van der Waals surface area (Å²) >= 11 is 0. The molecule has 4 nitrogen and oxygen atoms in total. The van der Waals surface area contributed by atoms with Crippen LogP contribution in [0.5, 0.6) is 5.75 Å². The van der Waals surface area contributed by atoms with Gasteiger partial charge in [0.05, 0.1) is 10.6 Å². The zero-order valence-electron chi connectivity index (χ0n) is 6.77. The Labute approximate surface area is 70.8 Å².